The second-order valence-electron chi connectivity index (χ2n) is 5.39. The zero-order valence-corrected chi connectivity index (χ0v) is 13.6. The molecule has 4 rings (SSSR count). The van der Waals surface area contributed by atoms with Gasteiger partial charge in [0.1, 0.15) is 0 Å². The highest BCUT2D eigenvalue weighted by Crippen LogP contribution is 2.22. The van der Waals surface area contributed by atoms with Gasteiger partial charge in [-0.1, -0.05) is 0 Å². The van der Waals surface area contributed by atoms with Crippen molar-refractivity contribution < 1.29 is 17.3 Å². The number of hydrogen-bond acceptors (Lipinski definition) is 6. The SMILES string of the molecule is Cn1c(=O)oc2cc(NS(=O)(=O)c3ccc4[nH]c(=O)oc4c3)ccc21. The van der Waals surface area contributed by atoms with Crippen molar-refractivity contribution in [1.29, 1.82) is 0 Å². The second-order valence-corrected chi connectivity index (χ2v) is 7.07. The van der Waals surface area contributed by atoms with Gasteiger partial charge in [0.15, 0.2) is 11.2 Å². The van der Waals surface area contributed by atoms with Crippen molar-refractivity contribution in [2.24, 2.45) is 7.05 Å². The van der Waals surface area contributed by atoms with Crippen LogP contribution in [0.15, 0.2) is 59.7 Å². The van der Waals surface area contributed by atoms with Gasteiger partial charge < -0.3 is 8.83 Å². The van der Waals surface area contributed by atoms with Crippen LogP contribution in [0.25, 0.3) is 22.2 Å². The summed E-state index contributed by atoms with van der Waals surface area (Å²) in [4.78, 5) is 25.0. The average Bonchev–Trinajstić information content (AvgIpc) is 3.05. The molecular weight excluding hydrogens is 350 g/mol. The van der Waals surface area contributed by atoms with Crippen LogP contribution in [-0.4, -0.2) is 18.0 Å². The summed E-state index contributed by atoms with van der Waals surface area (Å²) in [5.74, 6) is -1.20. The van der Waals surface area contributed by atoms with Gasteiger partial charge in [-0.25, -0.2) is 18.0 Å². The minimum atomic E-state index is -3.92. The number of anilines is 1. The van der Waals surface area contributed by atoms with Crippen LogP contribution in [0.5, 0.6) is 0 Å². The van der Waals surface area contributed by atoms with Gasteiger partial charge in [-0.3, -0.25) is 14.3 Å². The third-order valence-electron chi connectivity index (χ3n) is 3.75. The van der Waals surface area contributed by atoms with E-state index in [4.69, 9.17) is 8.83 Å². The van der Waals surface area contributed by atoms with E-state index >= 15 is 0 Å². The lowest BCUT2D eigenvalue weighted by molar-refractivity contribution is 0.528. The van der Waals surface area contributed by atoms with Crippen LogP contribution in [0.2, 0.25) is 0 Å². The summed E-state index contributed by atoms with van der Waals surface area (Å²) in [6.07, 6.45) is 0. The number of rotatable bonds is 3. The lowest BCUT2D eigenvalue weighted by atomic mass is 10.3. The maximum Gasteiger partial charge on any atom is 0.419 e. The van der Waals surface area contributed by atoms with Crippen LogP contribution in [-0.2, 0) is 17.1 Å². The third-order valence-corrected chi connectivity index (χ3v) is 5.13. The Morgan fingerprint density at radius 1 is 1.04 bits per heavy atom. The molecule has 25 heavy (non-hydrogen) atoms. The molecular formula is C15H11N3O6S. The number of oxazole rings is 2. The lowest BCUT2D eigenvalue weighted by Gasteiger charge is -2.07. The maximum atomic E-state index is 12.5. The highest BCUT2D eigenvalue weighted by Gasteiger charge is 2.17. The zero-order chi connectivity index (χ0) is 17.8. The first-order valence-electron chi connectivity index (χ1n) is 7.09. The Hall–Kier alpha value is -3.27. The van der Waals surface area contributed by atoms with Crippen molar-refractivity contribution in [2.75, 3.05) is 4.72 Å². The summed E-state index contributed by atoms with van der Waals surface area (Å²) in [7, 11) is -2.37. The normalized spacial score (nSPS) is 12.0. The van der Waals surface area contributed by atoms with E-state index in [-0.39, 0.29) is 21.7 Å². The number of aryl methyl sites for hydroxylation is 1. The van der Waals surface area contributed by atoms with Crippen molar-refractivity contribution in [3.63, 3.8) is 0 Å². The van der Waals surface area contributed by atoms with Gasteiger partial charge in [0.25, 0.3) is 10.0 Å². The van der Waals surface area contributed by atoms with Crippen LogP contribution in [0, 0.1) is 0 Å². The highest BCUT2D eigenvalue weighted by molar-refractivity contribution is 7.92. The van der Waals surface area contributed by atoms with Crippen LogP contribution in [0.3, 0.4) is 0 Å². The summed E-state index contributed by atoms with van der Waals surface area (Å²) in [6, 6.07) is 8.54. The molecule has 0 saturated heterocycles. The van der Waals surface area contributed by atoms with Gasteiger partial charge in [0.05, 0.1) is 21.6 Å². The number of hydrogen-bond donors (Lipinski definition) is 2. The summed E-state index contributed by atoms with van der Waals surface area (Å²) < 4.78 is 38.7. The molecule has 4 aromatic rings. The van der Waals surface area contributed by atoms with Crippen molar-refractivity contribution in [1.82, 2.24) is 9.55 Å². The van der Waals surface area contributed by atoms with E-state index in [9.17, 15) is 18.0 Å². The molecule has 0 amide bonds. The Kier molecular flexibility index (Phi) is 3.12. The minimum Gasteiger partial charge on any atom is -0.408 e. The number of aromatic amines is 1. The molecule has 0 aliphatic rings. The van der Waals surface area contributed by atoms with Gasteiger partial charge in [0, 0.05) is 19.2 Å². The molecule has 2 heterocycles. The molecule has 2 N–H and O–H groups in total. The monoisotopic (exact) mass is 361 g/mol. The summed E-state index contributed by atoms with van der Waals surface area (Å²) in [5, 5.41) is 0. The standard InChI is InChI=1S/C15H11N3O6S/c1-18-11-5-2-8(6-13(11)24-15(18)20)17-25(21,22)9-3-4-10-12(7-9)23-14(19)16-10/h2-7,17H,1H3,(H,16,19). The number of nitrogens with zero attached hydrogens (tertiary/aromatic N) is 1. The molecule has 0 spiro atoms. The maximum absolute atomic E-state index is 12.5. The molecule has 0 aliphatic carbocycles. The first-order valence-corrected chi connectivity index (χ1v) is 8.57. The van der Waals surface area contributed by atoms with E-state index in [1.807, 2.05) is 0 Å². The Bertz CT molecular complexity index is 1340. The molecule has 2 aromatic carbocycles. The number of H-pyrrole nitrogens is 1. The molecule has 0 bridgehead atoms. The quantitative estimate of drug-likeness (QED) is 0.567. The summed E-state index contributed by atoms with van der Waals surface area (Å²) in [5.41, 5.74) is 1.58. The van der Waals surface area contributed by atoms with Crippen LogP contribution in [0.4, 0.5) is 5.69 Å². The van der Waals surface area contributed by atoms with Crippen molar-refractivity contribution >= 4 is 37.9 Å². The fraction of sp³-hybridized carbons (Fsp3) is 0.0667. The average molecular weight is 361 g/mol. The number of nitrogens with one attached hydrogen (secondary N) is 2. The third kappa shape index (κ3) is 2.52. The van der Waals surface area contributed by atoms with E-state index < -0.39 is 21.5 Å². The van der Waals surface area contributed by atoms with Gasteiger partial charge >= 0.3 is 11.5 Å². The van der Waals surface area contributed by atoms with Gasteiger partial charge in [-0.05, 0) is 24.3 Å². The molecule has 0 saturated carbocycles. The predicted octanol–water partition coefficient (Wildman–Crippen LogP) is 1.37. The zero-order valence-electron chi connectivity index (χ0n) is 12.8. The molecule has 0 fully saturated rings. The van der Waals surface area contributed by atoms with E-state index in [0.29, 0.717) is 11.0 Å². The predicted molar refractivity (Wildman–Crippen MR) is 89.1 cm³/mol. The Labute approximate surface area is 139 Å². The molecule has 0 atom stereocenters. The largest absolute Gasteiger partial charge is 0.419 e. The molecule has 128 valence electrons. The number of benzene rings is 2. The van der Waals surface area contributed by atoms with Crippen molar-refractivity contribution in [3.05, 3.63) is 57.5 Å². The number of fused-ring (bicyclic) bond motifs is 2. The fourth-order valence-electron chi connectivity index (χ4n) is 2.50. The van der Waals surface area contributed by atoms with E-state index in [2.05, 4.69) is 9.71 Å². The Morgan fingerprint density at radius 2 is 1.84 bits per heavy atom. The topological polar surface area (TPSA) is 127 Å². The van der Waals surface area contributed by atoms with Crippen molar-refractivity contribution in [3.8, 4) is 0 Å². The molecule has 0 aliphatic heterocycles. The van der Waals surface area contributed by atoms with Crippen molar-refractivity contribution in [2.45, 2.75) is 4.90 Å². The van der Waals surface area contributed by atoms with Gasteiger partial charge in [-0.15, -0.1) is 0 Å². The molecule has 9 nitrogen and oxygen atoms in total. The summed E-state index contributed by atoms with van der Waals surface area (Å²) in [6.45, 7) is 0. The van der Waals surface area contributed by atoms with E-state index in [1.165, 1.54) is 34.9 Å². The van der Waals surface area contributed by atoms with Crippen LogP contribution in [0.1, 0.15) is 0 Å². The van der Waals surface area contributed by atoms with E-state index in [0.717, 1.165) is 0 Å². The Morgan fingerprint density at radius 3 is 2.64 bits per heavy atom. The molecule has 2 aromatic heterocycles. The Balaban J connectivity index is 1.74. The fourth-order valence-corrected chi connectivity index (χ4v) is 3.57. The number of sulfonamides is 1. The van der Waals surface area contributed by atoms with Crippen LogP contribution < -0.4 is 16.2 Å². The first kappa shape index (κ1) is 15.3. The van der Waals surface area contributed by atoms with E-state index in [1.54, 1.807) is 13.1 Å². The molecule has 0 radical (unpaired) electrons. The lowest BCUT2D eigenvalue weighted by Crippen LogP contribution is -2.12. The smallest absolute Gasteiger partial charge is 0.408 e. The molecule has 10 heteroatoms. The number of aromatic nitrogens is 2. The highest BCUT2D eigenvalue weighted by atomic mass is 32.2. The summed E-state index contributed by atoms with van der Waals surface area (Å²) >= 11 is 0. The van der Waals surface area contributed by atoms with Gasteiger partial charge in [-0.2, -0.15) is 0 Å². The second kappa shape index (κ2) is 5.11. The first-order chi connectivity index (χ1) is 11.8. The minimum absolute atomic E-state index is 0.0719. The van der Waals surface area contributed by atoms with Gasteiger partial charge in [0.2, 0.25) is 0 Å². The molecule has 0 unspecified atom stereocenters. The van der Waals surface area contributed by atoms with Crippen LogP contribution >= 0.6 is 0 Å².